The highest BCUT2D eigenvalue weighted by molar-refractivity contribution is 5.64. The van der Waals surface area contributed by atoms with E-state index < -0.39 is 0 Å². The van der Waals surface area contributed by atoms with Crippen LogP contribution in [0, 0.1) is 0 Å². The average Bonchev–Trinajstić information content (AvgIpc) is 2.03. The zero-order valence-electron chi connectivity index (χ0n) is 6.83. The van der Waals surface area contributed by atoms with Crippen molar-refractivity contribution in [3.05, 3.63) is 35.9 Å². The van der Waals surface area contributed by atoms with Crippen LogP contribution in [0.2, 0.25) is 0 Å². The van der Waals surface area contributed by atoms with Crippen molar-refractivity contribution in [2.24, 2.45) is 0 Å². The van der Waals surface area contributed by atoms with Crippen molar-refractivity contribution < 1.29 is 5.11 Å². The fourth-order valence-corrected chi connectivity index (χ4v) is 0.918. The van der Waals surface area contributed by atoms with E-state index in [9.17, 15) is 0 Å². The topological polar surface area (TPSA) is 20.2 Å². The van der Waals surface area contributed by atoms with Crippen molar-refractivity contribution in [1.29, 1.82) is 0 Å². The molecule has 0 saturated heterocycles. The molecule has 0 bridgehead atoms. The molecule has 0 aliphatic carbocycles. The molecule has 0 radical (unpaired) electrons. The fraction of sp³-hybridized carbons (Fsp3) is 0.200. The molecular weight excluding hydrogens is 136 g/mol. The molecule has 1 heteroatoms. The van der Waals surface area contributed by atoms with E-state index in [1.807, 2.05) is 32.1 Å². The van der Waals surface area contributed by atoms with Crippen LogP contribution in [-0.4, -0.2) is 5.11 Å². The normalized spacial score (nSPS) is 11.6. The van der Waals surface area contributed by atoms with E-state index in [2.05, 4.69) is 0 Å². The van der Waals surface area contributed by atoms with E-state index in [4.69, 9.17) is 5.11 Å². The van der Waals surface area contributed by atoms with Gasteiger partial charge in [0.2, 0.25) is 0 Å². The van der Waals surface area contributed by atoms with Gasteiger partial charge < -0.3 is 5.11 Å². The van der Waals surface area contributed by atoms with E-state index in [-0.39, 0.29) is 0 Å². The Kier molecular flexibility index (Phi) is 2.32. The largest absolute Gasteiger partial charge is 0.508 e. The standard InChI is InChI=1S/C10H12O/c1-3-8(2)9-5-4-6-10(11)7-9/h3-7,11H,1-2H3. The molecule has 0 heterocycles. The Morgan fingerprint density at radius 1 is 1.45 bits per heavy atom. The lowest BCUT2D eigenvalue weighted by Gasteiger charge is -1.99. The number of hydrogen-bond acceptors (Lipinski definition) is 1. The lowest BCUT2D eigenvalue weighted by Crippen LogP contribution is -1.76. The first-order valence-corrected chi connectivity index (χ1v) is 3.66. The van der Waals surface area contributed by atoms with Gasteiger partial charge in [-0.2, -0.15) is 0 Å². The quantitative estimate of drug-likeness (QED) is 0.649. The van der Waals surface area contributed by atoms with Gasteiger partial charge in [0.1, 0.15) is 5.75 Å². The Morgan fingerprint density at radius 3 is 2.73 bits per heavy atom. The third kappa shape index (κ3) is 1.84. The first-order valence-electron chi connectivity index (χ1n) is 3.66. The second kappa shape index (κ2) is 3.24. The second-order valence-electron chi connectivity index (χ2n) is 2.52. The van der Waals surface area contributed by atoms with E-state index in [1.54, 1.807) is 12.1 Å². The zero-order valence-corrected chi connectivity index (χ0v) is 6.83. The summed E-state index contributed by atoms with van der Waals surface area (Å²) in [5.41, 5.74) is 2.26. The van der Waals surface area contributed by atoms with Crippen molar-refractivity contribution in [3.63, 3.8) is 0 Å². The molecule has 0 fully saturated rings. The summed E-state index contributed by atoms with van der Waals surface area (Å²) in [4.78, 5) is 0. The summed E-state index contributed by atoms with van der Waals surface area (Å²) in [6.07, 6.45) is 2.02. The molecule has 0 aliphatic rings. The molecule has 11 heavy (non-hydrogen) atoms. The Bertz CT molecular complexity index is 274. The lowest BCUT2D eigenvalue weighted by molar-refractivity contribution is 0.475. The van der Waals surface area contributed by atoms with Crippen LogP contribution < -0.4 is 0 Å². The van der Waals surface area contributed by atoms with Gasteiger partial charge >= 0.3 is 0 Å². The second-order valence-corrected chi connectivity index (χ2v) is 2.52. The Balaban J connectivity index is 3.06. The van der Waals surface area contributed by atoms with Crippen LogP contribution in [0.5, 0.6) is 5.75 Å². The molecule has 1 nitrogen and oxygen atoms in total. The predicted octanol–water partition coefficient (Wildman–Crippen LogP) is 2.82. The highest BCUT2D eigenvalue weighted by Gasteiger charge is 1.93. The van der Waals surface area contributed by atoms with Gasteiger partial charge in [0.15, 0.2) is 0 Å². The Hall–Kier alpha value is -1.24. The molecule has 0 aliphatic heterocycles. The maximum Gasteiger partial charge on any atom is 0.116 e. The van der Waals surface area contributed by atoms with E-state index >= 15 is 0 Å². The minimum absolute atomic E-state index is 0.323. The molecule has 58 valence electrons. The number of benzene rings is 1. The molecule has 0 aromatic heterocycles. The summed E-state index contributed by atoms with van der Waals surface area (Å²) in [5, 5.41) is 9.13. The van der Waals surface area contributed by atoms with Crippen LogP contribution in [0.15, 0.2) is 30.3 Å². The highest BCUT2D eigenvalue weighted by Crippen LogP contribution is 2.17. The van der Waals surface area contributed by atoms with Crippen LogP contribution in [-0.2, 0) is 0 Å². The van der Waals surface area contributed by atoms with Crippen LogP contribution in [0.3, 0.4) is 0 Å². The van der Waals surface area contributed by atoms with E-state index in [0.717, 1.165) is 5.56 Å². The van der Waals surface area contributed by atoms with E-state index in [1.165, 1.54) is 5.57 Å². The smallest absolute Gasteiger partial charge is 0.116 e. The van der Waals surface area contributed by atoms with Crippen molar-refractivity contribution in [2.75, 3.05) is 0 Å². The molecule has 1 aromatic carbocycles. The molecule has 0 atom stereocenters. The van der Waals surface area contributed by atoms with Gasteiger partial charge in [-0.3, -0.25) is 0 Å². The van der Waals surface area contributed by atoms with Gasteiger partial charge in [-0.25, -0.2) is 0 Å². The monoisotopic (exact) mass is 148 g/mol. The summed E-state index contributed by atoms with van der Waals surface area (Å²) in [7, 11) is 0. The minimum atomic E-state index is 0.323. The fourth-order valence-electron chi connectivity index (χ4n) is 0.918. The number of phenolic OH excluding ortho intramolecular Hbond substituents is 1. The van der Waals surface area contributed by atoms with Gasteiger partial charge in [0.05, 0.1) is 0 Å². The summed E-state index contributed by atoms with van der Waals surface area (Å²) >= 11 is 0. The minimum Gasteiger partial charge on any atom is -0.508 e. The number of allylic oxidation sites excluding steroid dienone is 2. The first kappa shape index (κ1) is 7.86. The lowest BCUT2D eigenvalue weighted by atomic mass is 10.1. The molecule has 0 saturated carbocycles. The zero-order chi connectivity index (χ0) is 8.27. The SMILES string of the molecule is CC=C(C)c1cccc(O)c1. The molecule has 1 aromatic rings. The molecule has 0 spiro atoms. The third-order valence-electron chi connectivity index (χ3n) is 1.73. The number of phenols is 1. The Morgan fingerprint density at radius 2 is 2.18 bits per heavy atom. The van der Waals surface area contributed by atoms with Crippen LogP contribution in [0.4, 0.5) is 0 Å². The van der Waals surface area contributed by atoms with Crippen LogP contribution in [0.25, 0.3) is 5.57 Å². The molecular formula is C10H12O. The summed E-state index contributed by atoms with van der Waals surface area (Å²) in [5.74, 6) is 0.323. The van der Waals surface area contributed by atoms with Gasteiger partial charge in [0, 0.05) is 0 Å². The van der Waals surface area contributed by atoms with Crippen molar-refractivity contribution in [2.45, 2.75) is 13.8 Å². The molecule has 0 unspecified atom stereocenters. The molecule has 0 amide bonds. The van der Waals surface area contributed by atoms with Crippen molar-refractivity contribution >= 4 is 5.57 Å². The number of rotatable bonds is 1. The summed E-state index contributed by atoms with van der Waals surface area (Å²) < 4.78 is 0. The van der Waals surface area contributed by atoms with Gasteiger partial charge in [-0.05, 0) is 37.1 Å². The molecule has 1 N–H and O–H groups in total. The maximum atomic E-state index is 9.13. The van der Waals surface area contributed by atoms with Gasteiger partial charge in [0.25, 0.3) is 0 Å². The first-order chi connectivity index (χ1) is 5.24. The van der Waals surface area contributed by atoms with Crippen molar-refractivity contribution in [3.8, 4) is 5.75 Å². The van der Waals surface area contributed by atoms with Gasteiger partial charge in [-0.15, -0.1) is 0 Å². The average molecular weight is 148 g/mol. The number of hydrogen-bond donors (Lipinski definition) is 1. The van der Waals surface area contributed by atoms with E-state index in [0.29, 0.717) is 5.75 Å². The van der Waals surface area contributed by atoms with Gasteiger partial charge in [-0.1, -0.05) is 18.2 Å². The Labute approximate surface area is 67.0 Å². The molecule has 1 rings (SSSR count). The van der Waals surface area contributed by atoms with Crippen molar-refractivity contribution in [1.82, 2.24) is 0 Å². The summed E-state index contributed by atoms with van der Waals surface area (Å²) in [6.45, 7) is 4.01. The highest BCUT2D eigenvalue weighted by atomic mass is 16.3. The summed E-state index contributed by atoms with van der Waals surface area (Å²) in [6, 6.07) is 7.26. The number of aromatic hydroxyl groups is 1. The van der Waals surface area contributed by atoms with Crippen LogP contribution >= 0.6 is 0 Å². The maximum absolute atomic E-state index is 9.13. The van der Waals surface area contributed by atoms with Crippen LogP contribution in [0.1, 0.15) is 19.4 Å². The third-order valence-corrected chi connectivity index (χ3v) is 1.73. The predicted molar refractivity (Wildman–Crippen MR) is 47.4 cm³/mol.